The summed E-state index contributed by atoms with van der Waals surface area (Å²) in [6.07, 6.45) is 3.58. The van der Waals surface area contributed by atoms with Gasteiger partial charge in [0.25, 0.3) is 0 Å². The summed E-state index contributed by atoms with van der Waals surface area (Å²) >= 11 is 0. The maximum atomic E-state index is 4.54. The summed E-state index contributed by atoms with van der Waals surface area (Å²) < 4.78 is 0. The Morgan fingerprint density at radius 3 is 2.43 bits per heavy atom. The van der Waals surface area contributed by atoms with Crippen LogP contribution >= 0.6 is 0 Å². The van der Waals surface area contributed by atoms with E-state index in [1.807, 2.05) is 27.1 Å². The van der Waals surface area contributed by atoms with E-state index in [0.717, 1.165) is 30.2 Å². The predicted octanol–water partition coefficient (Wildman–Crippen LogP) is 4.20. The first-order valence-corrected chi connectivity index (χ1v) is 8.22. The van der Waals surface area contributed by atoms with Gasteiger partial charge in [0.2, 0.25) is 5.95 Å². The highest BCUT2D eigenvalue weighted by molar-refractivity contribution is 5.61. The molecule has 2 aromatic rings. The van der Waals surface area contributed by atoms with Crippen molar-refractivity contribution in [3.05, 3.63) is 36.0 Å². The highest BCUT2D eigenvalue weighted by atomic mass is 15.1. The van der Waals surface area contributed by atoms with Crippen LogP contribution < -0.4 is 15.5 Å². The van der Waals surface area contributed by atoms with Crippen LogP contribution in [0.4, 0.5) is 23.1 Å². The Morgan fingerprint density at radius 2 is 1.78 bits per heavy atom. The van der Waals surface area contributed by atoms with Gasteiger partial charge in [-0.2, -0.15) is 4.98 Å². The summed E-state index contributed by atoms with van der Waals surface area (Å²) in [5, 5.41) is 6.64. The van der Waals surface area contributed by atoms with Crippen molar-refractivity contribution in [1.29, 1.82) is 0 Å². The van der Waals surface area contributed by atoms with Gasteiger partial charge in [-0.1, -0.05) is 19.8 Å². The molecule has 124 valence electrons. The number of hydrogen-bond donors (Lipinski definition) is 2. The first-order valence-electron chi connectivity index (χ1n) is 8.22. The summed E-state index contributed by atoms with van der Waals surface area (Å²) in [5.41, 5.74) is 3.14. The molecule has 0 fully saturated rings. The molecule has 0 saturated heterocycles. The van der Waals surface area contributed by atoms with E-state index in [-0.39, 0.29) is 0 Å². The van der Waals surface area contributed by atoms with Gasteiger partial charge in [0.05, 0.1) is 0 Å². The molecule has 0 saturated carbocycles. The zero-order valence-corrected chi connectivity index (χ0v) is 14.6. The Morgan fingerprint density at radius 1 is 1.04 bits per heavy atom. The number of anilines is 4. The van der Waals surface area contributed by atoms with Crippen molar-refractivity contribution in [2.24, 2.45) is 0 Å². The lowest BCUT2D eigenvalue weighted by Crippen LogP contribution is -2.08. The molecule has 5 heteroatoms. The summed E-state index contributed by atoms with van der Waals surface area (Å²) in [6, 6.07) is 10.2. The zero-order chi connectivity index (χ0) is 16.7. The van der Waals surface area contributed by atoms with Crippen molar-refractivity contribution in [2.75, 3.05) is 36.2 Å². The summed E-state index contributed by atoms with van der Waals surface area (Å²) in [5.74, 6) is 1.50. The quantitative estimate of drug-likeness (QED) is 0.715. The van der Waals surface area contributed by atoms with Gasteiger partial charge in [0.1, 0.15) is 5.82 Å². The Hall–Kier alpha value is -2.30. The molecule has 23 heavy (non-hydrogen) atoms. The molecule has 0 radical (unpaired) electrons. The summed E-state index contributed by atoms with van der Waals surface area (Å²) in [7, 11) is 4.07. The van der Waals surface area contributed by atoms with Gasteiger partial charge in [-0.05, 0) is 37.6 Å². The molecule has 1 aromatic carbocycles. The van der Waals surface area contributed by atoms with Gasteiger partial charge in [-0.15, -0.1) is 0 Å². The normalized spacial score (nSPS) is 10.4. The first-order chi connectivity index (χ1) is 11.1. The van der Waals surface area contributed by atoms with E-state index in [0.29, 0.717) is 5.95 Å². The van der Waals surface area contributed by atoms with Gasteiger partial charge in [-0.25, -0.2) is 4.98 Å². The van der Waals surface area contributed by atoms with Crippen LogP contribution in [-0.2, 0) is 0 Å². The molecule has 0 amide bonds. The van der Waals surface area contributed by atoms with E-state index in [4.69, 9.17) is 0 Å². The third-order valence-electron chi connectivity index (χ3n) is 3.57. The van der Waals surface area contributed by atoms with E-state index in [2.05, 4.69) is 56.7 Å². The molecule has 0 spiro atoms. The van der Waals surface area contributed by atoms with Crippen molar-refractivity contribution >= 4 is 23.1 Å². The average molecular weight is 313 g/mol. The number of benzene rings is 1. The van der Waals surface area contributed by atoms with Gasteiger partial charge < -0.3 is 15.5 Å². The van der Waals surface area contributed by atoms with Gasteiger partial charge >= 0.3 is 0 Å². The lowest BCUT2D eigenvalue weighted by molar-refractivity contribution is 0.740. The third kappa shape index (κ3) is 5.43. The lowest BCUT2D eigenvalue weighted by atomic mass is 10.2. The third-order valence-corrected chi connectivity index (χ3v) is 3.57. The maximum Gasteiger partial charge on any atom is 0.224 e. The minimum absolute atomic E-state index is 0.688. The van der Waals surface area contributed by atoms with Crippen LogP contribution in [0, 0.1) is 6.92 Å². The van der Waals surface area contributed by atoms with Crippen molar-refractivity contribution in [2.45, 2.75) is 33.1 Å². The second-order valence-corrected chi connectivity index (χ2v) is 5.92. The molecule has 2 N–H and O–H groups in total. The molecular formula is C18H27N5. The molecule has 1 aromatic heterocycles. The van der Waals surface area contributed by atoms with Crippen LogP contribution in [0.25, 0.3) is 0 Å². The monoisotopic (exact) mass is 313 g/mol. The van der Waals surface area contributed by atoms with Crippen molar-refractivity contribution < 1.29 is 0 Å². The number of unbranched alkanes of at least 4 members (excludes halogenated alkanes) is 2. The Labute approximate surface area is 139 Å². The molecule has 1 heterocycles. The highest BCUT2D eigenvalue weighted by Gasteiger charge is 2.03. The van der Waals surface area contributed by atoms with E-state index < -0.39 is 0 Å². The largest absolute Gasteiger partial charge is 0.378 e. The molecule has 0 bridgehead atoms. The molecular weight excluding hydrogens is 286 g/mol. The van der Waals surface area contributed by atoms with Crippen molar-refractivity contribution in [3.8, 4) is 0 Å². The molecule has 0 aliphatic carbocycles. The summed E-state index contributed by atoms with van der Waals surface area (Å²) in [4.78, 5) is 11.1. The van der Waals surface area contributed by atoms with E-state index >= 15 is 0 Å². The molecule has 2 rings (SSSR count). The number of nitrogens with one attached hydrogen (secondary N) is 2. The van der Waals surface area contributed by atoms with Crippen LogP contribution in [0.1, 0.15) is 31.9 Å². The fourth-order valence-electron chi connectivity index (χ4n) is 2.28. The van der Waals surface area contributed by atoms with Crippen LogP contribution in [0.2, 0.25) is 0 Å². The number of nitrogens with zero attached hydrogens (tertiary/aromatic N) is 3. The van der Waals surface area contributed by atoms with Gasteiger partial charge in [0, 0.05) is 43.8 Å². The van der Waals surface area contributed by atoms with Crippen molar-refractivity contribution in [1.82, 2.24) is 9.97 Å². The van der Waals surface area contributed by atoms with Gasteiger partial charge in [0.15, 0.2) is 0 Å². The predicted molar refractivity (Wildman–Crippen MR) is 98.8 cm³/mol. The lowest BCUT2D eigenvalue weighted by Gasteiger charge is -2.14. The van der Waals surface area contributed by atoms with Crippen LogP contribution in [0.3, 0.4) is 0 Å². The molecule has 0 aliphatic heterocycles. The highest BCUT2D eigenvalue weighted by Crippen LogP contribution is 2.20. The average Bonchev–Trinajstić information content (AvgIpc) is 2.51. The second-order valence-electron chi connectivity index (χ2n) is 5.92. The topological polar surface area (TPSA) is 53.1 Å². The SMILES string of the molecule is CCCCCNc1nc(C)cc(Nc2ccc(N(C)C)cc2)n1. The molecule has 0 unspecified atom stereocenters. The standard InChI is InChI=1S/C18H27N5/c1-5-6-7-12-19-18-20-14(2)13-17(22-18)21-15-8-10-16(11-9-15)23(3)4/h8-11,13H,5-7,12H2,1-4H3,(H2,19,20,21,22). The summed E-state index contributed by atoms with van der Waals surface area (Å²) in [6.45, 7) is 5.10. The number of rotatable bonds is 8. The zero-order valence-electron chi connectivity index (χ0n) is 14.6. The maximum absolute atomic E-state index is 4.54. The fraction of sp³-hybridized carbons (Fsp3) is 0.444. The fourth-order valence-corrected chi connectivity index (χ4v) is 2.28. The minimum atomic E-state index is 0.688. The Kier molecular flexibility index (Phi) is 6.20. The van der Waals surface area contributed by atoms with Crippen LogP contribution in [0.15, 0.2) is 30.3 Å². The molecule has 0 aliphatic rings. The van der Waals surface area contributed by atoms with Crippen molar-refractivity contribution in [3.63, 3.8) is 0 Å². The number of aryl methyl sites for hydroxylation is 1. The van der Waals surface area contributed by atoms with E-state index in [1.165, 1.54) is 18.5 Å². The van der Waals surface area contributed by atoms with Gasteiger partial charge in [-0.3, -0.25) is 0 Å². The van der Waals surface area contributed by atoms with E-state index in [1.54, 1.807) is 0 Å². The second kappa shape index (κ2) is 8.36. The molecule has 0 atom stereocenters. The van der Waals surface area contributed by atoms with E-state index in [9.17, 15) is 0 Å². The van der Waals surface area contributed by atoms with Crippen LogP contribution in [-0.4, -0.2) is 30.6 Å². The Bertz CT molecular complexity index is 607. The molecule has 5 nitrogen and oxygen atoms in total. The first kappa shape index (κ1) is 17.1. The van der Waals surface area contributed by atoms with Crippen LogP contribution in [0.5, 0.6) is 0 Å². The number of aromatic nitrogens is 2. The number of hydrogen-bond acceptors (Lipinski definition) is 5. The minimum Gasteiger partial charge on any atom is -0.378 e. The smallest absolute Gasteiger partial charge is 0.224 e. The Balaban J connectivity index is 2.02.